The van der Waals surface area contributed by atoms with Crippen molar-refractivity contribution in [1.29, 1.82) is 0 Å². The highest BCUT2D eigenvalue weighted by molar-refractivity contribution is 5.90. The van der Waals surface area contributed by atoms with E-state index in [0.29, 0.717) is 24.7 Å². The Morgan fingerprint density at radius 3 is 2.96 bits per heavy atom. The van der Waals surface area contributed by atoms with Gasteiger partial charge in [0.15, 0.2) is 0 Å². The standard InChI is InChI=1S/C17H21N3O3/c1-11-3-4-14(7-15(11)16-18-12(2)10-23-16)19-17(22)20-6-5-13(8-20)9-21/h3-4,7,10,13,21H,5-6,8-9H2,1-2H3,(H,19,22). The number of hydrogen-bond donors (Lipinski definition) is 2. The minimum absolute atomic E-state index is 0.127. The first-order valence-electron chi connectivity index (χ1n) is 7.76. The number of aromatic nitrogens is 1. The van der Waals surface area contributed by atoms with Gasteiger partial charge >= 0.3 is 6.03 Å². The monoisotopic (exact) mass is 315 g/mol. The number of aliphatic hydroxyl groups is 1. The molecule has 0 bridgehead atoms. The molecule has 1 saturated heterocycles. The third-order valence-corrected chi connectivity index (χ3v) is 4.17. The number of anilines is 1. The smallest absolute Gasteiger partial charge is 0.321 e. The van der Waals surface area contributed by atoms with Crippen LogP contribution in [0.15, 0.2) is 28.9 Å². The molecule has 0 spiro atoms. The van der Waals surface area contributed by atoms with Gasteiger partial charge < -0.3 is 19.7 Å². The summed E-state index contributed by atoms with van der Waals surface area (Å²) in [4.78, 5) is 18.4. The number of carbonyl (C=O) groups excluding carboxylic acids is 1. The van der Waals surface area contributed by atoms with Crippen molar-refractivity contribution in [1.82, 2.24) is 9.88 Å². The van der Waals surface area contributed by atoms with E-state index >= 15 is 0 Å². The van der Waals surface area contributed by atoms with Gasteiger partial charge in [-0.3, -0.25) is 0 Å². The molecule has 1 atom stereocenters. The van der Waals surface area contributed by atoms with Gasteiger partial charge in [-0.2, -0.15) is 0 Å². The average Bonchev–Trinajstić information content (AvgIpc) is 3.18. The molecule has 3 rings (SSSR count). The van der Waals surface area contributed by atoms with E-state index in [-0.39, 0.29) is 18.6 Å². The Labute approximate surface area is 135 Å². The van der Waals surface area contributed by atoms with Crippen molar-refractivity contribution >= 4 is 11.7 Å². The summed E-state index contributed by atoms with van der Waals surface area (Å²) < 4.78 is 5.46. The second-order valence-corrected chi connectivity index (χ2v) is 6.04. The van der Waals surface area contributed by atoms with Gasteiger partial charge in [0.2, 0.25) is 5.89 Å². The Kier molecular flexibility index (Phi) is 4.34. The molecular formula is C17H21N3O3. The number of rotatable bonds is 3. The lowest BCUT2D eigenvalue weighted by Gasteiger charge is -2.17. The van der Waals surface area contributed by atoms with Crippen LogP contribution in [0, 0.1) is 19.8 Å². The maximum Gasteiger partial charge on any atom is 0.321 e. The molecule has 0 radical (unpaired) electrons. The van der Waals surface area contributed by atoms with Crippen LogP contribution in [0.3, 0.4) is 0 Å². The van der Waals surface area contributed by atoms with Gasteiger partial charge in [0.1, 0.15) is 6.26 Å². The van der Waals surface area contributed by atoms with E-state index in [1.165, 1.54) is 0 Å². The average molecular weight is 315 g/mol. The largest absolute Gasteiger partial charge is 0.444 e. The molecule has 2 N–H and O–H groups in total. The predicted molar refractivity (Wildman–Crippen MR) is 87.2 cm³/mol. The normalized spacial score (nSPS) is 17.5. The Bertz CT molecular complexity index is 711. The molecule has 1 aliphatic rings. The Balaban J connectivity index is 1.75. The zero-order valence-electron chi connectivity index (χ0n) is 13.4. The SMILES string of the molecule is Cc1coc(-c2cc(NC(=O)N3CCC(CO)C3)ccc2C)n1. The number of hydrogen-bond acceptors (Lipinski definition) is 4. The molecule has 0 aliphatic carbocycles. The molecule has 0 saturated carbocycles. The van der Waals surface area contributed by atoms with Crippen molar-refractivity contribution in [2.75, 3.05) is 25.0 Å². The fourth-order valence-corrected chi connectivity index (χ4v) is 2.78. The lowest BCUT2D eigenvalue weighted by Crippen LogP contribution is -2.33. The Morgan fingerprint density at radius 1 is 1.48 bits per heavy atom. The van der Waals surface area contributed by atoms with E-state index in [2.05, 4.69) is 10.3 Å². The molecule has 6 heteroatoms. The molecule has 23 heavy (non-hydrogen) atoms. The van der Waals surface area contributed by atoms with Crippen LogP contribution in [0.5, 0.6) is 0 Å². The van der Waals surface area contributed by atoms with E-state index in [4.69, 9.17) is 4.42 Å². The van der Waals surface area contributed by atoms with E-state index in [1.807, 2.05) is 32.0 Å². The summed E-state index contributed by atoms with van der Waals surface area (Å²) in [5.41, 5.74) is 3.43. The topological polar surface area (TPSA) is 78.6 Å². The number of carbonyl (C=O) groups is 1. The van der Waals surface area contributed by atoms with Crippen molar-refractivity contribution in [2.45, 2.75) is 20.3 Å². The first kappa shape index (κ1) is 15.6. The van der Waals surface area contributed by atoms with Gasteiger partial charge in [-0.25, -0.2) is 9.78 Å². The number of aliphatic hydroxyl groups excluding tert-OH is 1. The van der Waals surface area contributed by atoms with Gasteiger partial charge in [0.05, 0.1) is 5.69 Å². The van der Waals surface area contributed by atoms with Crippen LogP contribution in [0.25, 0.3) is 11.5 Å². The Morgan fingerprint density at radius 2 is 2.30 bits per heavy atom. The van der Waals surface area contributed by atoms with E-state index in [1.54, 1.807) is 11.2 Å². The number of likely N-dealkylation sites (tertiary alicyclic amines) is 1. The lowest BCUT2D eigenvalue weighted by atomic mass is 10.1. The fourth-order valence-electron chi connectivity index (χ4n) is 2.78. The van der Waals surface area contributed by atoms with Gasteiger partial charge in [-0.15, -0.1) is 0 Å². The highest BCUT2D eigenvalue weighted by Crippen LogP contribution is 2.26. The van der Waals surface area contributed by atoms with Crippen molar-refractivity contribution in [3.8, 4) is 11.5 Å². The first-order valence-corrected chi connectivity index (χ1v) is 7.76. The number of amides is 2. The second kappa shape index (κ2) is 6.42. The van der Waals surface area contributed by atoms with Crippen LogP contribution >= 0.6 is 0 Å². The number of benzene rings is 1. The quantitative estimate of drug-likeness (QED) is 0.913. The summed E-state index contributed by atoms with van der Waals surface area (Å²) in [5, 5.41) is 12.1. The van der Waals surface area contributed by atoms with E-state index < -0.39 is 0 Å². The number of nitrogens with one attached hydrogen (secondary N) is 1. The van der Waals surface area contributed by atoms with Crippen molar-refractivity contribution in [3.63, 3.8) is 0 Å². The van der Waals surface area contributed by atoms with E-state index in [0.717, 1.165) is 23.2 Å². The van der Waals surface area contributed by atoms with Gasteiger partial charge in [-0.1, -0.05) is 6.07 Å². The summed E-state index contributed by atoms with van der Waals surface area (Å²) in [6, 6.07) is 5.54. The van der Waals surface area contributed by atoms with Gasteiger partial charge in [-0.05, 0) is 38.0 Å². The summed E-state index contributed by atoms with van der Waals surface area (Å²) in [5.74, 6) is 0.738. The molecule has 6 nitrogen and oxygen atoms in total. The zero-order chi connectivity index (χ0) is 16.4. The van der Waals surface area contributed by atoms with Gasteiger partial charge in [0, 0.05) is 36.9 Å². The number of oxazole rings is 1. The number of nitrogens with zero attached hydrogens (tertiary/aromatic N) is 2. The fraction of sp³-hybridized carbons (Fsp3) is 0.412. The zero-order valence-corrected chi connectivity index (χ0v) is 13.4. The molecule has 1 aromatic heterocycles. The van der Waals surface area contributed by atoms with Crippen LogP contribution in [0.1, 0.15) is 17.7 Å². The highest BCUT2D eigenvalue weighted by Gasteiger charge is 2.25. The molecule has 2 amide bonds. The third kappa shape index (κ3) is 3.37. The van der Waals surface area contributed by atoms with Crippen LogP contribution in [-0.2, 0) is 0 Å². The highest BCUT2D eigenvalue weighted by atomic mass is 16.3. The lowest BCUT2D eigenvalue weighted by molar-refractivity contribution is 0.209. The Hall–Kier alpha value is -2.34. The third-order valence-electron chi connectivity index (χ3n) is 4.17. The molecule has 2 heterocycles. The van der Waals surface area contributed by atoms with Crippen LogP contribution in [-0.4, -0.2) is 40.7 Å². The van der Waals surface area contributed by atoms with Crippen LogP contribution in [0.4, 0.5) is 10.5 Å². The maximum atomic E-state index is 12.3. The minimum Gasteiger partial charge on any atom is -0.444 e. The second-order valence-electron chi connectivity index (χ2n) is 6.04. The van der Waals surface area contributed by atoms with Crippen molar-refractivity contribution in [3.05, 3.63) is 35.7 Å². The van der Waals surface area contributed by atoms with Gasteiger partial charge in [0.25, 0.3) is 0 Å². The summed E-state index contributed by atoms with van der Waals surface area (Å²) in [6.07, 6.45) is 2.46. The molecule has 1 fully saturated rings. The summed E-state index contributed by atoms with van der Waals surface area (Å²) >= 11 is 0. The minimum atomic E-state index is -0.140. The molecule has 122 valence electrons. The number of urea groups is 1. The number of aryl methyl sites for hydroxylation is 2. The maximum absolute atomic E-state index is 12.3. The summed E-state index contributed by atoms with van der Waals surface area (Å²) in [6.45, 7) is 5.25. The first-order chi connectivity index (χ1) is 11.1. The van der Waals surface area contributed by atoms with E-state index in [9.17, 15) is 9.90 Å². The molecular weight excluding hydrogens is 294 g/mol. The molecule has 1 aliphatic heterocycles. The van der Waals surface area contributed by atoms with Crippen LogP contribution in [0.2, 0.25) is 0 Å². The van der Waals surface area contributed by atoms with Crippen molar-refractivity contribution < 1.29 is 14.3 Å². The molecule has 1 aromatic carbocycles. The van der Waals surface area contributed by atoms with Crippen molar-refractivity contribution in [2.24, 2.45) is 5.92 Å². The molecule has 1 unspecified atom stereocenters. The predicted octanol–water partition coefficient (Wildman–Crippen LogP) is 2.80. The van der Waals surface area contributed by atoms with Crippen LogP contribution < -0.4 is 5.32 Å². The summed E-state index contributed by atoms with van der Waals surface area (Å²) in [7, 11) is 0. The molecule has 2 aromatic rings.